The lowest BCUT2D eigenvalue weighted by Crippen LogP contribution is -2.56. The standard InChI is InChI=1S/C6H11N3O4S/c7-9-8-3-4(11)2(1-10)13-6(14)5(3)12/h2-6,10-12,14H,1H2/t2-,3+,4+,5-,6-/m1/s1. The third-order valence-corrected chi connectivity index (χ3v) is 2.48. The lowest BCUT2D eigenvalue weighted by Gasteiger charge is -2.38. The van der Waals surface area contributed by atoms with E-state index in [1.807, 2.05) is 0 Å². The predicted molar refractivity (Wildman–Crippen MR) is 49.7 cm³/mol. The van der Waals surface area contributed by atoms with Gasteiger partial charge in [-0.15, -0.1) is 12.6 Å². The molecule has 1 aliphatic heterocycles. The second kappa shape index (κ2) is 4.83. The van der Waals surface area contributed by atoms with E-state index in [2.05, 4.69) is 22.7 Å². The first-order chi connectivity index (χ1) is 6.61. The maximum atomic E-state index is 9.50. The summed E-state index contributed by atoms with van der Waals surface area (Å²) in [7, 11) is 0. The first kappa shape index (κ1) is 11.6. The van der Waals surface area contributed by atoms with Crippen LogP contribution >= 0.6 is 12.6 Å². The van der Waals surface area contributed by atoms with Gasteiger partial charge in [0.15, 0.2) is 0 Å². The smallest absolute Gasteiger partial charge is 0.127 e. The average Bonchev–Trinajstić information content (AvgIpc) is 2.18. The number of azide groups is 1. The molecule has 3 N–H and O–H groups in total. The van der Waals surface area contributed by atoms with Crippen LogP contribution in [-0.4, -0.2) is 51.7 Å². The molecule has 0 radical (unpaired) electrons. The summed E-state index contributed by atoms with van der Waals surface area (Å²) in [6.45, 7) is -0.428. The summed E-state index contributed by atoms with van der Waals surface area (Å²) in [5.74, 6) is 0. The predicted octanol–water partition coefficient (Wildman–Crippen LogP) is -0.966. The molecule has 0 bridgehead atoms. The van der Waals surface area contributed by atoms with Crippen molar-refractivity contribution in [2.45, 2.75) is 29.8 Å². The first-order valence-electron chi connectivity index (χ1n) is 3.96. The second-order valence-corrected chi connectivity index (χ2v) is 3.43. The fourth-order valence-electron chi connectivity index (χ4n) is 1.28. The van der Waals surface area contributed by atoms with Gasteiger partial charge >= 0.3 is 0 Å². The first-order valence-corrected chi connectivity index (χ1v) is 4.48. The van der Waals surface area contributed by atoms with Crippen molar-refractivity contribution in [1.82, 2.24) is 0 Å². The summed E-state index contributed by atoms with van der Waals surface area (Å²) in [6, 6.07) is -1.05. The van der Waals surface area contributed by atoms with Gasteiger partial charge in [-0.2, -0.15) is 0 Å². The Labute approximate surface area is 85.3 Å². The molecule has 1 aliphatic rings. The Kier molecular flexibility index (Phi) is 3.99. The second-order valence-electron chi connectivity index (χ2n) is 2.92. The number of hydrogen-bond donors (Lipinski definition) is 4. The quantitative estimate of drug-likeness (QED) is 0.208. The topological polar surface area (TPSA) is 119 Å². The molecule has 1 fully saturated rings. The Morgan fingerprint density at radius 2 is 2.07 bits per heavy atom. The molecule has 1 saturated heterocycles. The highest BCUT2D eigenvalue weighted by Crippen LogP contribution is 2.25. The zero-order valence-electron chi connectivity index (χ0n) is 7.13. The molecule has 0 amide bonds. The summed E-state index contributed by atoms with van der Waals surface area (Å²) < 4.78 is 4.97. The highest BCUT2D eigenvalue weighted by Gasteiger charge is 2.42. The van der Waals surface area contributed by atoms with Gasteiger partial charge in [0.2, 0.25) is 0 Å². The van der Waals surface area contributed by atoms with Gasteiger partial charge in [0.1, 0.15) is 17.6 Å². The Hall–Kier alpha value is -0.500. The molecule has 0 spiro atoms. The van der Waals surface area contributed by atoms with Crippen molar-refractivity contribution < 1.29 is 20.1 Å². The molecule has 1 heterocycles. The van der Waals surface area contributed by atoms with Crippen LogP contribution in [0.2, 0.25) is 0 Å². The molecule has 0 aliphatic carbocycles. The van der Waals surface area contributed by atoms with E-state index in [1.54, 1.807) is 0 Å². The van der Waals surface area contributed by atoms with Crippen molar-refractivity contribution in [1.29, 1.82) is 0 Å². The highest BCUT2D eigenvalue weighted by molar-refractivity contribution is 7.80. The number of rotatable bonds is 2. The number of thiol groups is 1. The van der Waals surface area contributed by atoms with E-state index in [-0.39, 0.29) is 0 Å². The summed E-state index contributed by atoms with van der Waals surface area (Å²) in [4.78, 5) is 2.50. The largest absolute Gasteiger partial charge is 0.394 e. The van der Waals surface area contributed by atoms with Crippen LogP contribution in [0.4, 0.5) is 0 Å². The van der Waals surface area contributed by atoms with Gasteiger partial charge in [-0.25, -0.2) is 0 Å². The number of aliphatic hydroxyl groups is 3. The van der Waals surface area contributed by atoms with Crippen LogP contribution in [0.5, 0.6) is 0 Å². The molecular formula is C6H11N3O4S. The molecule has 7 nitrogen and oxygen atoms in total. The number of hydrogen-bond acceptors (Lipinski definition) is 6. The molecule has 0 aromatic heterocycles. The van der Waals surface area contributed by atoms with Crippen molar-refractivity contribution in [3.63, 3.8) is 0 Å². The van der Waals surface area contributed by atoms with E-state index in [9.17, 15) is 10.2 Å². The van der Waals surface area contributed by atoms with Crippen LogP contribution in [0, 0.1) is 0 Å². The third-order valence-electron chi connectivity index (χ3n) is 2.05. The van der Waals surface area contributed by atoms with E-state index in [1.165, 1.54) is 0 Å². The summed E-state index contributed by atoms with van der Waals surface area (Å²) in [5, 5.41) is 31.0. The minimum atomic E-state index is -1.23. The molecule has 80 valence electrons. The van der Waals surface area contributed by atoms with Crippen LogP contribution in [0.3, 0.4) is 0 Å². The zero-order valence-corrected chi connectivity index (χ0v) is 8.03. The summed E-state index contributed by atoms with van der Waals surface area (Å²) in [6.07, 6.45) is -3.31. The number of ether oxygens (including phenoxy) is 1. The maximum absolute atomic E-state index is 9.50. The molecule has 0 unspecified atom stereocenters. The molecule has 0 aromatic rings. The third kappa shape index (κ3) is 2.11. The van der Waals surface area contributed by atoms with Crippen molar-refractivity contribution in [3.05, 3.63) is 10.4 Å². The molecule has 0 aromatic carbocycles. The zero-order chi connectivity index (χ0) is 10.7. The van der Waals surface area contributed by atoms with Crippen LogP contribution in [0.25, 0.3) is 10.4 Å². The van der Waals surface area contributed by atoms with Gasteiger partial charge in [0.05, 0.1) is 18.8 Å². The maximum Gasteiger partial charge on any atom is 0.127 e. The molecule has 5 atom stereocenters. The van der Waals surface area contributed by atoms with E-state index in [4.69, 9.17) is 15.4 Å². The molecular weight excluding hydrogens is 210 g/mol. The van der Waals surface area contributed by atoms with Gasteiger partial charge in [0.25, 0.3) is 0 Å². The van der Waals surface area contributed by atoms with E-state index in [0.717, 1.165) is 0 Å². The number of nitrogens with zero attached hydrogens (tertiary/aromatic N) is 3. The van der Waals surface area contributed by atoms with E-state index in [0.29, 0.717) is 0 Å². The van der Waals surface area contributed by atoms with Crippen molar-refractivity contribution in [3.8, 4) is 0 Å². The van der Waals surface area contributed by atoms with Crippen molar-refractivity contribution in [2.24, 2.45) is 5.11 Å². The van der Waals surface area contributed by atoms with Crippen LogP contribution in [0.1, 0.15) is 0 Å². The minimum Gasteiger partial charge on any atom is -0.394 e. The van der Waals surface area contributed by atoms with E-state index < -0.39 is 36.4 Å². The monoisotopic (exact) mass is 221 g/mol. The van der Waals surface area contributed by atoms with Crippen LogP contribution < -0.4 is 0 Å². The molecule has 1 rings (SSSR count). The van der Waals surface area contributed by atoms with Gasteiger partial charge < -0.3 is 20.1 Å². The molecule has 8 heteroatoms. The van der Waals surface area contributed by atoms with Gasteiger partial charge in [-0.05, 0) is 5.53 Å². The van der Waals surface area contributed by atoms with Crippen LogP contribution in [0.15, 0.2) is 5.11 Å². The Morgan fingerprint density at radius 1 is 1.43 bits per heavy atom. The van der Waals surface area contributed by atoms with Gasteiger partial charge in [-0.3, -0.25) is 0 Å². The Morgan fingerprint density at radius 3 is 2.57 bits per heavy atom. The molecule has 14 heavy (non-hydrogen) atoms. The lowest BCUT2D eigenvalue weighted by molar-refractivity contribution is -0.159. The number of aliphatic hydroxyl groups excluding tert-OH is 3. The lowest BCUT2D eigenvalue weighted by atomic mass is 9.98. The highest BCUT2D eigenvalue weighted by atomic mass is 32.1. The van der Waals surface area contributed by atoms with Crippen molar-refractivity contribution in [2.75, 3.05) is 6.61 Å². The average molecular weight is 221 g/mol. The van der Waals surface area contributed by atoms with Crippen molar-refractivity contribution >= 4 is 12.6 Å². The van der Waals surface area contributed by atoms with Gasteiger partial charge in [0, 0.05) is 4.91 Å². The SMILES string of the molecule is [N-]=[N+]=N[C@@H]1[C@@H](O)[C@@H](S)O[C@H](CO)[C@@H]1O. The summed E-state index contributed by atoms with van der Waals surface area (Å²) >= 11 is 3.88. The fraction of sp³-hybridized carbons (Fsp3) is 1.00. The summed E-state index contributed by atoms with van der Waals surface area (Å²) in [5.41, 5.74) is 7.32. The minimum absolute atomic E-state index is 0.428. The fourth-order valence-corrected chi connectivity index (χ4v) is 1.61. The van der Waals surface area contributed by atoms with Gasteiger partial charge in [-0.1, -0.05) is 5.11 Å². The molecule has 0 saturated carbocycles. The Balaban J connectivity index is 2.82. The normalized spacial score (nSPS) is 43.0. The van der Waals surface area contributed by atoms with E-state index >= 15 is 0 Å². The van der Waals surface area contributed by atoms with Crippen LogP contribution in [-0.2, 0) is 4.74 Å². The Bertz CT molecular complexity index is 247.